The Morgan fingerprint density at radius 3 is 2.55 bits per heavy atom. The number of phenols is 1. The highest BCUT2D eigenvalue weighted by Crippen LogP contribution is 2.29. The van der Waals surface area contributed by atoms with Gasteiger partial charge in [0.15, 0.2) is 0 Å². The molecule has 0 unspecified atom stereocenters. The summed E-state index contributed by atoms with van der Waals surface area (Å²) >= 11 is 0. The lowest BCUT2D eigenvalue weighted by molar-refractivity contribution is 0.292. The molecule has 0 saturated carbocycles. The molecule has 0 atom stereocenters. The van der Waals surface area contributed by atoms with Gasteiger partial charge in [-0.05, 0) is 50.2 Å². The van der Waals surface area contributed by atoms with Crippen LogP contribution in [0.4, 0.5) is 5.69 Å². The number of aromatic nitrogens is 1. The number of benzene rings is 2. The second-order valence-corrected chi connectivity index (χ2v) is 5.67. The Labute approximate surface area is 129 Å². The molecular formula is C18H20N2O2. The number of nitrogens with zero attached hydrogens (tertiary/aromatic N) is 1. The third-order valence-corrected chi connectivity index (χ3v) is 3.71. The Balaban J connectivity index is 1.94. The van der Waals surface area contributed by atoms with E-state index in [1.54, 1.807) is 24.3 Å². The molecule has 0 bridgehead atoms. The number of para-hydroxylation sites is 1. The molecule has 3 aromatic rings. The molecule has 0 aliphatic rings. The molecule has 0 spiro atoms. The first-order chi connectivity index (χ1) is 10.6. The number of rotatable bonds is 4. The van der Waals surface area contributed by atoms with Crippen LogP contribution in [0.2, 0.25) is 0 Å². The maximum atomic E-state index is 9.31. The number of nitrogens with two attached hydrogens (primary N) is 1. The molecule has 4 nitrogen and oxygen atoms in total. The quantitative estimate of drug-likeness (QED) is 0.713. The van der Waals surface area contributed by atoms with Gasteiger partial charge in [-0.1, -0.05) is 12.1 Å². The Kier molecular flexibility index (Phi) is 3.67. The summed E-state index contributed by atoms with van der Waals surface area (Å²) in [6, 6.07) is 15.1. The maximum absolute atomic E-state index is 9.31. The molecule has 0 saturated heterocycles. The van der Waals surface area contributed by atoms with Crippen molar-refractivity contribution in [2.75, 3.05) is 5.73 Å². The molecule has 2 aromatic carbocycles. The van der Waals surface area contributed by atoms with Crippen LogP contribution in [0, 0.1) is 0 Å². The minimum atomic E-state index is 0.233. The third kappa shape index (κ3) is 2.60. The Morgan fingerprint density at radius 1 is 1.14 bits per heavy atom. The van der Waals surface area contributed by atoms with Crippen molar-refractivity contribution in [1.82, 2.24) is 4.57 Å². The van der Waals surface area contributed by atoms with E-state index in [1.165, 1.54) is 0 Å². The molecule has 0 aliphatic heterocycles. The van der Waals surface area contributed by atoms with Crippen LogP contribution in [0.1, 0.15) is 25.6 Å². The van der Waals surface area contributed by atoms with Crippen LogP contribution < -0.4 is 10.5 Å². The van der Waals surface area contributed by atoms with Crippen LogP contribution >= 0.6 is 0 Å². The van der Waals surface area contributed by atoms with Crippen LogP contribution in [0.25, 0.3) is 10.9 Å². The molecule has 0 fully saturated rings. The smallest absolute Gasteiger partial charge is 0.128 e. The second kappa shape index (κ2) is 5.64. The average Bonchev–Trinajstić information content (AvgIpc) is 2.87. The number of nitrogen functional groups attached to an aromatic ring is 1. The first-order valence-electron chi connectivity index (χ1n) is 7.36. The van der Waals surface area contributed by atoms with E-state index in [0.717, 1.165) is 28.0 Å². The lowest BCUT2D eigenvalue weighted by Crippen LogP contribution is -2.09. The number of hydrogen-bond acceptors (Lipinski definition) is 3. The molecule has 4 heteroatoms. The van der Waals surface area contributed by atoms with E-state index in [4.69, 9.17) is 10.5 Å². The number of aromatic hydroxyl groups is 1. The molecule has 0 amide bonds. The fourth-order valence-electron chi connectivity index (χ4n) is 2.77. The first kappa shape index (κ1) is 14.3. The van der Waals surface area contributed by atoms with Crippen molar-refractivity contribution in [1.29, 1.82) is 0 Å². The molecular weight excluding hydrogens is 276 g/mol. The lowest BCUT2D eigenvalue weighted by atomic mass is 10.2. The van der Waals surface area contributed by atoms with Gasteiger partial charge in [-0.25, -0.2) is 0 Å². The van der Waals surface area contributed by atoms with Crippen molar-refractivity contribution < 1.29 is 9.84 Å². The van der Waals surface area contributed by atoms with Gasteiger partial charge in [-0.2, -0.15) is 0 Å². The summed E-state index contributed by atoms with van der Waals surface area (Å²) in [6.07, 6.45) is 0. The standard InChI is InChI=1S/C18H20N2O2/c1-12(2)20-14(10-13-4-3-5-17(19)18(13)20)11-22-16-8-6-15(21)7-9-16/h3-10,12,21H,11,19H2,1-2H3. The zero-order chi connectivity index (χ0) is 15.7. The molecule has 3 rings (SSSR count). The highest BCUT2D eigenvalue weighted by atomic mass is 16.5. The van der Waals surface area contributed by atoms with Gasteiger partial charge in [0.1, 0.15) is 18.1 Å². The van der Waals surface area contributed by atoms with Gasteiger partial charge in [0.25, 0.3) is 0 Å². The Morgan fingerprint density at radius 2 is 1.86 bits per heavy atom. The van der Waals surface area contributed by atoms with Crippen molar-refractivity contribution in [3.05, 3.63) is 54.2 Å². The summed E-state index contributed by atoms with van der Waals surface area (Å²) in [4.78, 5) is 0. The van der Waals surface area contributed by atoms with Crippen LogP contribution in [-0.2, 0) is 6.61 Å². The van der Waals surface area contributed by atoms with Gasteiger partial charge in [0.2, 0.25) is 0 Å². The van der Waals surface area contributed by atoms with Gasteiger partial charge in [-0.15, -0.1) is 0 Å². The molecule has 1 aromatic heterocycles. The molecule has 22 heavy (non-hydrogen) atoms. The van der Waals surface area contributed by atoms with E-state index < -0.39 is 0 Å². The summed E-state index contributed by atoms with van der Waals surface area (Å²) < 4.78 is 8.05. The van der Waals surface area contributed by atoms with E-state index in [1.807, 2.05) is 12.1 Å². The minimum absolute atomic E-state index is 0.233. The second-order valence-electron chi connectivity index (χ2n) is 5.67. The molecule has 114 valence electrons. The van der Waals surface area contributed by atoms with E-state index in [2.05, 4.69) is 30.5 Å². The van der Waals surface area contributed by atoms with Crippen LogP contribution in [-0.4, -0.2) is 9.67 Å². The fourth-order valence-corrected chi connectivity index (χ4v) is 2.77. The number of ether oxygens (including phenoxy) is 1. The molecule has 0 radical (unpaired) electrons. The van der Waals surface area contributed by atoms with Crippen molar-refractivity contribution in [3.63, 3.8) is 0 Å². The van der Waals surface area contributed by atoms with Gasteiger partial charge < -0.3 is 20.1 Å². The van der Waals surface area contributed by atoms with Gasteiger partial charge in [-0.3, -0.25) is 0 Å². The lowest BCUT2D eigenvalue weighted by Gasteiger charge is -2.16. The van der Waals surface area contributed by atoms with Gasteiger partial charge in [0, 0.05) is 11.4 Å². The Bertz CT molecular complexity index is 789. The predicted molar refractivity (Wildman–Crippen MR) is 89.2 cm³/mol. The monoisotopic (exact) mass is 296 g/mol. The normalized spacial score (nSPS) is 11.2. The van der Waals surface area contributed by atoms with Gasteiger partial charge in [0.05, 0.1) is 16.9 Å². The maximum Gasteiger partial charge on any atom is 0.128 e. The fraction of sp³-hybridized carbons (Fsp3) is 0.222. The summed E-state index contributed by atoms with van der Waals surface area (Å²) in [5, 5.41) is 10.4. The average molecular weight is 296 g/mol. The SMILES string of the molecule is CC(C)n1c(COc2ccc(O)cc2)cc2cccc(N)c21. The summed E-state index contributed by atoms with van der Waals surface area (Å²) in [7, 11) is 0. The highest BCUT2D eigenvalue weighted by Gasteiger charge is 2.14. The Hall–Kier alpha value is -2.62. The van der Waals surface area contributed by atoms with Crippen LogP contribution in [0.5, 0.6) is 11.5 Å². The van der Waals surface area contributed by atoms with Crippen molar-refractivity contribution in [2.45, 2.75) is 26.5 Å². The molecule has 0 aliphatic carbocycles. The number of hydrogen-bond donors (Lipinski definition) is 2. The number of phenolic OH excluding ortho intramolecular Hbond substituents is 1. The van der Waals surface area contributed by atoms with E-state index >= 15 is 0 Å². The topological polar surface area (TPSA) is 60.4 Å². The largest absolute Gasteiger partial charge is 0.508 e. The van der Waals surface area contributed by atoms with E-state index in [-0.39, 0.29) is 5.75 Å². The number of anilines is 1. The van der Waals surface area contributed by atoms with Crippen molar-refractivity contribution >= 4 is 16.6 Å². The van der Waals surface area contributed by atoms with E-state index in [9.17, 15) is 5.11 Å². The third-order valence-electron chi connectivity index (χ3n) is 3.71. The summed E-state index contributed by atoms with van der Waals surface area (Å²) in [6.45, 7) is 4.73. The van der Waals surface area contributed by atoms with Gasteiger partial charge >= 0.3 is 0 Å². The van der Waals surface area contributed by atoms with E-state index in [0.29, 0.717) is 12.6 Å². The zero-order valence-electron chi connectivity index (χ0n) is 12.8. The highest BCUT2D eigenvalue weighted by molar-refractivity contribution is 5.91. The minimum Gasteiger partial charge on any atom is -0.508 e. The first-order valence-corrected chi connectivity index (χ1v) is 7.36. The van der Waals surface area contributed by atoms with Crippen molar-refractivity contribution in [2.24, 2.45) is 0 Å². The summed E-state index contributed by atoms with van der Waals surface area (Å²) in [5.41, 5.74) is 9.06. The molecule has 1 heterocycles. The van der Waals surface area contributed by atoms with Crippen LogP contribution in [0.15, 0.2) is 48.5 Å². The summed E-state index contributed by atoms with van der Waals surface area (Å²) in [5.74, 6) is 0.961. The zero-order valence-corrected chi connectivity index (χ0v) is 12.8. The van der Waals surface area contributed by atoms with Crippen molar-refractivity contribution in [3.8, 4) is 11.5 Å². The molecule has 3 N–H and O–H groups in total. The predicted octanol–water partition coefficient (Wildman–Crippen LogP) is 4.09. The number of fused-ring (bicyclic) bond motifs is 1. The van der Waals surface area contributed by atoms with Crippen LogP contribution in [0.3, 0.4) is 0 Å².